The molecule has 4 nitrogen and oxygen atoms in total. The highest BCUT2D eigenvalue weighted by Gasteiger charge is 2.04. The maximum atomic E-state index is 11.7. The second-order valence-electron chi connectivity index (χ2n) is 3.62. The SMILES string of the molecule is O=c1ccn(-c2ncccn2)c2ccccc12. The zero-order chi connectivity index (χ0) is 11.7. The number of benzene rings is 1. The van der Waals surface area contributed by atoms with Gasteiger partial charge >= 0.3 is 0 Å². The number of aromatic nitrogens is 3. The Morgan fingerprint density at radius 3 is 2.53 bits per heavy atom. The van der Waals surface area contributed by atoms with E-state index in [1.165, 1.54) is 6.07 Å². The molecule has 0 aliphatic rings. The largest absolute Gasteiger partial charge is 0.289 e. The van der Waals surface area contributed by atoms with Gasteiger partial charge in [0.1, 0.15) is 0 Å². The Labute approximate surface area is 97.2 Å². The average Bonchev–Trinajstić information content (AvgIpc) is 2.41. The van der Waals surface area contributed by atoms with Crippen LogP contribution in [0.15, 0.2) is 59.8 Å². The third-order valence-electron chi connectivity index (χ3n) is 2.57. The number of hydrogen-bond acceptors (Lipinski definition) is 3. The van der Waals surface area contributed by atoms with Gasteiger partial charge in [-0.15, -0.1) is 0 Å². The van der Waals surface area contributed by atoms with Crippen molar-refractivity contribution < 1.29 is 0 Å². The molecule has 0 amide bonds. The van der Waals surface area contributed by atoms with E-state index in [1.807, 2.05) is 18.2 Å². The highest BCUT2D eigenvalue weighted by Crippen LogP contribution is 2.12. The summed E-state index contributed by atoms with van der Waals surface area (Å²) in [7, 11) is 0. The van der Waals surface area contributed by atoms with Crippen LogP contribution in [0.3, 0.4) is 0 Å². The van der Waals surface area contributed by atoms with Gasteiger partial charge in [0.2, 0.25) is 5.95 Å². The topological polar surface area (TPSA) is 47.8 Å². The Morgan fingerprint density at radius 2 is 1.71 bits per heavy atom. The minimum absolute atomic E-state index is 0.00720. The van der Waals surface area contributed by atoms with E-state index in [-0.39, 0.29) is 5.43 Å². The Balaban J connectivity index is 2.39. The maximum Gasteiger partial charge on any atom is 0.234 e. The molecule has 0 atom stereocenters. The smallest absolute Gasteiger partial charge is 0.234 e. The molecule has 0 radical (unpaired) electrons. The average molecular weight is 223 g/mol. The van der Waals surface area contributed by atoms with Crippen molar-refractivity contribution in [3.63, 3.8) is 0 Å². The van der Waals surface area contributed by atoms with Crippen LogP contribution in [0.5, 0.6) is 0 Å². The second-order valence-corrected chi connectivity index (χ2v) is 3.62. The van der Waals surface area contributed by atoms with E-state index in [0.717, 1.165) is 5.52 Å². The van der Waals surface area contributed by atoms with Gasteiger partial charge in [-0.2, -0.15) is 0 Å². The van der Waals surface area contributed by atoms with Crippen molar-refractivity contribution in [3.8, 4) is 5.95 Å². The van der Waals surface area contributed by atoms with Gasteiger partial charge in [0, 0.05) is 30.0 Å². The summed E-state index contributed by atoms with van der Waals surface area (Å²) in [5.74, 6) is 0.559. The zero-order valence-corrected chi connectivity index (χ0v) is 8.95. The van der Waals surface area contributed by atoms with Crippen LogP contribution in [-0.4, -0.2) is 14.5 Å². The lowest BCUT2D eigenvalue weighted by Gasteiger charge is -2.07. The molecule has 2 aromatic heterocycles. The summed E-state index contributed by atoms with van der Waals surface area (Å²) in [4.78, 5) is 20.1. The summed E-state index contributed by atoms with van der Waals surface area (Å²) >= 11 is 0. The van der Waals surface area contributed by atoms with Gasteiger partial charge in [0.25, 0.3) is 0 Å². The molecule has 0 saturated heterocycles. The van der Waals surface area contributed by atoms with Crippen LogP contribution < -0.4 is 5.43 Å². The Kier molecular flexibility index (Phi) is 2.19. The summed E-state index contributed by atoms with van der Waals surface area (Å²) in [6.45, 7) is 0. The molecule has 3 rings (SSSR count). The van der Waals surface area contributed by atoms with Crippen LogP contribution in [-0.2, 0) is 0 Å². The van der Waals surface area contributed by atoms with Crippen LogP contribution >= 0.6 is 0 Å². The number of hydrogen-bond donors (Lipinski definition) is 0. The molecule has 4 heteroatoms. The fourth-order valence-electron chi connectivity index (χ4n) is 1.79. The van der Waals surface area contributed by atoms with Crippen molar-refractivity contribution in [2.75, 3.05) is 0 Å². The van der Waals surface area contributed by atoms with E-state index in [2.05, 4.69) is 9.97 Å². The van der Waals surface area contributed by atoms with Crippen LogP contribution in [0.2, 0.25) is 0 Å². The van der Waals surface area contributed by atoms with Gasteiger partial charge in [-0.3, -0.25) is 9.36 Å². The molecule has 0 N–H and O–H groups in total. The van der Waals surface area contributed by atoms with E-state index >= 15 is 0 Å². The third kappa shape index (κ3) is 1.59. The minimum atomic E-state index is 0.00720. The van der Waals surface area contributed by atoms with Crippen LogP contribution in [0, 0.1) is 0 Å². The van der Waals surface area contributed by atoms with Crippen molar-refractivity contribution in [1.29, 1.82) is 0 Å². The van der Waals surface area contributed by atoms with Crippen molar-refractivity contribution >= 4 is 10.9 Å². The first kappa shape index (κ1) is 9.72. The highest BCUT2D eigenvalue weighted by atomic mass is 16.1. The lowest BCUT2D eigenvalue weighted by atomic mass is 10.2. The van der Waals surface area contributed by atoms with Crippen molar-refractivity contribution in [2.45, 2.75) is 0 Å². The third-order valence-corrected chi connectivity index (χ3v) is 2.57. The highest BCUT2D eigenvalue weighted by molar-refractivity contribution is 5.79. The van der Waals surface area contributed by atoms with Gasteiger partial charge in [-0.25, -0.2) is 9.97 Å². The lowest BCUT2D eigenvalue weighted by molar-refractivity contribution is 0.950. The van der Waals surface area contributed by atoms with E-state index in [1.54, 1.807) is 35.3 Å². The standard InChI is InChI=1S/C13H9N3O/c17-12-6-9-16(13-14-7-3-8-15-13)11-5-2-1-4-10(11)12/h1-9H. The molecular weight excluding hydrogens is 214 g/mol. The van der Waals surface area contributed by atoms with E-state index in [4.69, 9.17) is 0 Å². The molecule has 0 saturated carbocycles. The van der Waals surface area contributed by atoms with Gasteiger partial charge in [0.05, 0.1) is 5.52 Å². The van der Waals surface area contributed by atoms with Gasteiger partial charge in [-0.05, 0) is 18.2 Å². The summed E-state index contributed by atoms with van der Waals surface area (Å²) in [6.07, 6.45) is 5.05. The monoisotopic (exact) mass is 223 g/mol. The molecule has 17 heavy (non-hydrogen) atoms. The van der Waals surface area contributed by atoms with Gasteiger partial charge < -0.3 is 0 Å². The molecular formula is C13H9N3O. The fraction of sp³-hybridized carbons (Fsp3) is 0. The first-order chi connectivity index (χ1) is 8.36. The number of pyridine rings is 1. The van der Waals surface area contributed by atoms with Gasteiger partial charge in [0.15, 0.2) is 5.43 Å². The molecule has 3 aromatic rings. The second kappa shape index (κ2) is 3.83. The number of fused-ring (bicyclic) bond motifs is 1. The Hall–Kier alpha value is -2.49. The zero-order valence-electron chi connectivity index (χ0n) is 8.95. The molecule has 82 valence electrons. The molecule has 2 heterocycles. The summed E-state index contributed by atoms with van der Waals surface area (Å²) in [6, 6.07) is 10.7. The maximum absolute atomic E-state index is 11.7. The fourth-order valence-corrected chi connectivity index (χ4v) is 1.79. The molecule has 0 bridgehead atoms. The first-order valence-electron chi connectivity index (χ1n) is 5.24. The number of para-hydroxylation sites is 1. The molecule has 0 aliphatic carbocycles. The summed E-state index contributed by atoms with van der Waals surface area (Å²) in [5, 5.41) is 0.669. The van der Waals surface area contributed by atoms with Crippen molar-refractivity contribution in [3.05, 3.63) is 65.2 Å². The lowest BCUT2D eigenvalue weighted by Crippen LogP contribution is -2.08. The van der Waals surface area contributed by atoms with E-state index in [0.29, 0.717) is 11.3 Å². The van der Waals surface area contributed by atoms with Crippen LogP contribution in [0.25, 0.3) is 16.9 Å². The predicted molar refractivity (Wildman–Crippen MR) is 65.1 cm³/mol. The minimum Gasteiger partial charge on any atom is -0.289 e. The molecule has 1 aromatic carbocycles. The van der Waals surface area contributed by atoms with E-state index < -0.39 is 0 Å². The quantitative estimate of drug-likeness (QED) is 0.631. The summed E-state index contributed by atoms with van der Waals surface area (Å²) in [5.41, 5.74) is 0.819. The van der Waals surface area contributed by atoms with Crippen LogP contribution in [0.4, 0.5) is 0 Å². The normalized spacial score (nSPS) is 10.6. The molecule has 0 aliphatic heterocycles. The summed E-state index contributed by atoms with van der Waals surface area (Å²) < 4.78 is 1.80. The first-order valence-corrected chi connectivity index (χ1v) is 5.24. The van der Waals surface area contributed by atoms with Gasteiger partial charge in [-0.1, -0.05) is 12.1 Å². The number of nitrogens with zero attached hydrogens (tertiary/aromatic N) is 3. The van der Waals surface area contributed by atoms with E-state index in [9.17, 15) is 4.79 Å². The molecule has 0 fully saturated rings. The Morgan fingerprint density at radius 1 is 0.941 bits per heavy atom. The molecule has 0 unspecified atom stereocenters. The molecule has 0 spiro atoms. The van der Waals surface area contributed by atoms with Crippen molar-refractivity contribution in [1.82, 2.24) is 14.5 Å². The predicted octanol–water partition coefficient (Wildman–Crippen LogP) is 1.78. The van der Waals surface area contributed by atoms with Crippen LogP contribution in [0.1, 0.15) is 0 Å². The number of rotatable bonds is 1. The van der Waals surface area contributed by atoms with Crippen molar-refractivity contribution in [2.24, 2.45) is 0 Å². The Bertz CT molecular complexity index is 719.